The minimum absolute atomic E-state index is 0.0924. The lowest BCUT2D eigenvalue weighted by molar-refractivity contribution is -0.127. The summed E-state index contributed by atoms with van der Waals surface area (Å²) >= 11 is 0. The quantitative estimate of drug-likeness (QED) is 0.840. The number of aryl methyl sites for hydroxylation is 1. The maximum Gasteiger partial charge on any atom is 0.224 e. The fraction of sp³-hybridized carbons (Fsp3) is 0.435. The molecule has 1 saturated carbocycles. The van der Waals surface area contributed by atoms with Crippen LogP contribution in [0.4, 0.5) is 8.78 Å². The monoisotopic (exact) mass is 384 g/mol. The van der Waals surface area contributed by atoms with Crippen LogP contribution >= 0.6 is 0 Å². The molecule has 0 bridgehead atoms. The summed E-state index contributed by atoms with van der Waals surface area (Å²) in [4.78, 5) is 15.0. The van der Waals surface area contributed by atoms with Crippen molar-refractivity contribution >= 4 is 5.91 Å². The molecule has 148 valence electrons. The van der Waals surface area contributed by atoms with Crippen LogP contribution in [0.2, 0.25) is 0 Å². The van der Waals surface area contributed by atoms with E-state index in [0.29, 0.717) is 24.7 Å². The van der Waals surface area contributed by atoms with Gasteiger partial charge in [0, 0.05) is 25.7 Å². The maximum atomic E-state index is 13.7. The number of piperidine rings is 1. The van der Waals surface area contributed by atoms with Crippen molar-refractivity contribution in [1.29, 1.82) is 0 Å². The molecular weight excluding hydrogens is 358 g/mol. The van der Waals surface area contributed by atoms with E-state index < -0.39 is 0 Å². The molecule has 1 heterocycles. The summed E-state index contributed by atoms with van der Waals surface area (Å²) < 4.78 is 26.9. The molecule has 1 aliphatic heterocycles. The van der Waals surface area contributed by atoms with Crippen molar-refractivity contribution in [2.75, 3.05) is 13.1 Å². The SMILES string of the molecule is Cc1cc([C@H]2C[C@@H](C(=O)NC3CC3)CN(Cc3ccc(F)cc3)C2)ccc1F. The number of likely N-dealkylation sites (tertiary alicyclic amines) is 1. The van der Waals surface area contributed by atoms with Crippen LogP contribution in [0.25, 0.3) is 0 Å². The van der Waals surface area contributed by atoms with Crippen LogP contribution in [-0.2, 0) is 11.3 Å². The third-order valence-electron chi connectivity index (χ3n) is 5.79. The third kappa shape index (κ3) is 4.58. The second-order valence-corrected chi connectivity index (χ2v) is 8.24. The molecule has 1 saturated heterocycles. The third-order valence-corrected chi connectivity index (χ3v) is 5.79. The summed E-state index contributed by atoms with van der Waals surface area (Å²) in [6.07, 6.45) is 2.90. The average molecular weight is 384 g/mol. The van der Waals surface area contributed by atoms with E-state index in [1.54, 1.807) is 19.1 Å². The predicted octanol–water partition coefficient (Wildman–Crippen LogP) is 4.16. The second-order valence-electron chi connectivity index (χ2n) is 8.24. The Hall–Kier alpha value is -2.27. The first-order valence-electron chi connectivity index (χ1n) is 10.0. The van der Waals surface area contributed by atoms with E-state index in [4.69, 9.17) is 0 Å². The Morgan fingerprint density at radius 2 is 1.86 bits per heavy atom. The highest BCUT2D eigenvalue weighted by Crippen LogP contribution is 2.33. The number of hydrogen-bond acceptors (Lipinski definition) is 2. The molecule has 5 heteroatoms. The smallest absolute Gasteiger partial charge is 0.224 e. The highest BCUT2D eigenvalue weighted by Gasteiger charge is 2.34. The van der Waals surface area contributed by atoms with E-state index in [2.05, 4.69) is 10.2 Å². The summed E-state index contributed by atoms with van der Waals surface area (Å²) in [5.74, 6) is -0.252. The summed E-state index contributed by atoms with van der Waals surface area (Å²) in [5, 5.41) is 3.13. The highest BCUT2D eigenvalue weighted by atomic mass is 19.1. The number of rotatable bonds is 5. The number of carbonyl (C=O) groups is 1. The van der Waals surface area contributed by atoms with Gasteiger partial charge < -0.3 is 5.32 Å². The Morgan fingerprint density at radius 1 is 1.11 bits per heavy atom. The van der Waals surface area contributed by atoms with Gasteiger partial charge in [0.05, 0.1) is 5.92 Å². The van der Waals surface area contributed by atoms with Gasteiger partial charge in [-0.05, 0) is 67.0 Å². The zero-order chi connectivity index (χ0) is 19.7. The van der Waals surface area contributed by atoms with E-state index >= 15 is 0 Å². The largest absolute Gasteiger partial charge is 0.353 e. The van der Waals surface area contributed by atoms with Crippen LogP contribution in [0.3, 0.4) is 0 Å². The molecule has 1 N–H and O–H groups in total. The van der Waals surface area contributed by atoms with Gasteiger partial charge in [0.15, 0.2) is 0 Å². The van der Waals surface area contributed by atoms with Crippen molar-refractivity contribution in [2.24, 2.45) is 5.92 Å². The Labute approximate surface area is 164 Å². The van der Waals surface area contributed by atoms with Gasteiger partial charge in [0.1, 0.15) is 11.6 Å². The van der Waals surface area contributed by atoms with Gasteiger partial charge in [-0.2, -0.15) is 0 Å². The van der Waals surface area contributed by atoms with E-state index in [9.17, 15) is 13.6 Å². The van der Waals surface area contributed by atoms with Crippen LogP contribution < -0.4 is 5.32 Å². The molecule has 1 amide bonds. The van der Waals surface area contributed by atoms with Crippen molar-refractivity contribution in [1.82, 2.24) is 10.2 Å². The van der Waals surface area contributed by atoms with Crippen LogP contribution in [0.15, 0.2) is 42.5 Å². The molecule has 0 aromatic heterocycles. The number of hydrogen-bond donors (Lipinski definition) is 1. The summed E-state index contributed by atoms with van der Waals surface area (Å²) in [6, 6.07) is 12.1. The van der Waals surface area contributed by atoms with Crippen LogP contribution in [0.5, 0.6) is 0 Å². The lowest BCUT2D eigenvalue weighted by atomic mass is 9.83. The van der Waals surface area contributed by atoms with Crippen LogP contribution in [0.1, 0.15) is 41.9 Å². The number of benzene rings is 2. The molecular formula is C23H26F2N2O. The number of carbonyl (C=O) groups excluding carboxylic acids is 1. The van der Waals surface area contributed by atoms with E-state index in [1.165, 1.54) is 18.2 Å². The molecule has 0 spiro atoms. The second kappa shape index (κ2) is 8.00. The average Bonchev–Trinajstić information content (AvgIpc) is 3.49. The molecule has 2 aliphatic rings. The predicted molar refractivity (Wildman–Crippen MR) is 105 cm³/mol. The standard InChI is InChI=1S/C23H26F2N2O/c1-15-10-17(4-9-22(15)25)18-11-19(23(28)26-21-7-8-21)14-27(13-18)12-16-2-5-20(24)6-3-16/h2-6,9-10,18-19,21H,7-8,11-14H2,1H3,(H,26,28)/t18-,19+/m0/s1. The highest BCUT2D eigenvalue weighted by molar-refractivity contribution is 5.79. The Bertz CT molecular complexity index is 848. The van der Waals surface area contributed by atoms with E-state index in [1.807, 2.05) is 12.1 Å². The number of nitrogens with zero attached hydrogens (tertiary/aromatic N) is 1. The molecule has 3 nitrogen and oxygen atoms in total. The van der Waals surface area contributed by atoms with Crippen molar-refractivity contribution in [3.8, 4) is 0 Å². The van der Waals surface area contributed by atoms with Gasteiger partial charge >= 0.3 is 0 Å². The minimum Gasteiger partial charge on any atom is -0.353 e. The van der Waals surface area contributed by atoms with E-state index in [0.717, 1.165) is 36.9 Å². The van der Waals surface area contributed by atoms with Crippen molar-refractivity contribution in [3.05, 3.63) is 70.8 Å². The first kappa shape index (κ1) is 19.1. The Kier molecular flexibility index (Phi) is 5.44. The molecule has 2 fully saturated rings. The Balaban J connectivity index is 1.53. The first-order valence-corrected chi connectivity index (χ1v) is 10.0. The molecule has 2 aromatic carbocycles. The number of amides is 1. The first-order chi connectivity index (χ1) is 13.5. The molecule has 28 heavy (non-hydrogen) atoms. The zero-order valence-corrected chi connectivity index (χ0v) is 16.1. The van der Waals surface area contributed by atoms with Crippen molar-refractivity contribution < 1.29 is 13.6 Å². The van der Waals surface area contributed by atoms with Gasteiger partial charge in [-0.25, -0.2) is 8.78 Å². The van der Waals surface area contributed by atoms with Gasteiger partial charge in [-0.1, -0.05) is 24.3 Å². The fourth-order valence-electron chi connectivity index (χ4n) is 4.07. The summed E-state index contributed by atoms with van der Waals surface area (Å²) in [7, 11) is 0. The van der Waals surface area contributed by atoms with E-state index in [-0.39, 0.29) is 29.4 Å². The molecule has 2 atom stereocenters. The van der Waals surface area contributed by atoms with Crippen LogP contribution in [0, 0.1) is 24.5 Å². The molecule has 0 unspecified atom stereocenters. The fourth-order valence-corrected chi connectivity index (χ4v) is 4.07. The van der Waals surface area contributed by atoms with Crippen molar-refractivity contribution in [3.63, 3.8) is 0 Å². The summed E-state index contributed by atoms with van der Waals surface area (Å²) in [6.45, 7) is 3.93. The zero-order valence-electron chi connectivity index (χ0n) is 16.1. The maximum absolute atomic E-state index is 13.7. The lowest BCUT2D eigenvalue weighted by Gasteiger charge is -2.37. The molecule has 2 aromatic rings. The molecule has 1 aliphatic carbocycles. The van der Waals surface area contributed by atoms with Gasteiger partial charge in [0.25, 0.3) is 0 Å². The number of nitrogens with one attached hydrogen (secondary N) is 1. The van der Waals surface area contributed by atoms with Crippen molar-refractivity contribution in [2.45, 2.75) is 44.7 Å². The van der Waals surface area contributed by atoms with Crippen LogP contribution in [-0.4, -0.2) is 29.9 Å². The molecule has 4 rings (SSSR count). The van der Waals surface area contributed by atoms with Gasteiger partial charge in [-0.15, -0.1) is 0 Å². The lowest BCUT2D eigenvalue weighted by Crippen LogP contribution is -2.45. The topological polar surface area (TPSA) is 32.3 Å². The summed E-state index contributed by atoms with van der Waals surface area (Å²) in [5.41, 5.74) is 2.73. The molecule has 0 radical (unpaired) electrons. The number of halogens is 2. The normalized spacial score (nSPS) is 22.8. The Morgan fingerprint density at radius 3 is 2.54 bits per heavy atom. The van der Waals surface area contributed by atoms with Gasteiger partial charge in [-0.3, -0.25) is 9.69 Å². The van der Waals surface area contributed by atoms with Gasteiger partial charge in [0.2, 0.25) is 5.91 Å². The minimum atomic E-state index is -0.247.